The Balaban J connectivity index is 1.62. The predicted molar refractivity (Wildman–Crippen MR) is 133 cm³/mol. The van der Waals surface area contributed by atoms with Crippen molar-refractivity contribution in [3.05, 3.63) is 11.6 Å². The maximum Gasteiger partial charge on any atom is 0.138 e. The topological polar surface area (TPSA) is 37.3 Å². The van der Waals surface area contributed by atoms with Crippen LogP contribution < -0.4 is 0 Å². The number of rotatable bonds is 4. The summed E-state index contributed by atoms with van der Waals surface area (Å²) in [5.41, 5.74) is 1.52. The molecule has 0 spiro atoms. The molecule has 2 nitrogen and oxygen atoms in total. The summed E-state index contributed by atoms with van der Waals surface area (Å²) in [5, 5.41) is 11.6. The Morgan fingerprint density at radius 1 is 0.969 bits per heavy atom. The number of allylic oxidation sites excluding steroid dienone is 2. The molecule has 0 amide bonds. The van der Waals surface area contributed by atoms with Crippen LogP contribution in [0.2, 0.25) is 0 Å². The third-order valence-corrected chi connectivity index (χ3v) is 12.1. The average Bonchev–Trinajstić information content (AvgIpc) is 3.04. The maximum absolute atomic E-state index is 12.8. The van der Waals surface area contributed by atoms with Gasteiger partial charge in [0.05, 0.1) is 5.60 Å². The third kappa shape index (κ3) is 3.32. The van der Waals surface area contributed by atoms with Crippen molar-refractivity contribution in [3.8, 4) is 0 Å². The second-order valence-electron chi connectivity index (χ2n) is 14.1. The van der Waals surface area contributed by atoms with Crippen molar-refractivity contribution in [1.82, 2.24) is 0 Å². The minimum absolute atomic E-state index is 0.168. The molecule has 0 bridgehead atoms. The Hall–Kier alpha value is -0.630. The van der Waals surface area contributed by atoms with Crippen LogP contribution >= 0.6 is 0 Å². The highest BCUT2D eigenvalue weighted by Gasteiger charge is 2.69. The first-order chi connectivity index (χ1) is 14.7. The summed E-state index contributed by atoms with van der Waals surface area (Å²) in [6, 6.07) is 0. The number of fused-ring (bicyclic) bond motifs is 5. The summed E-state index contributed by atoms with van der Waals surface area (Å²) >= 11 is 0. The van der Waals surface area contributed by atoms with E-state index in [2.05, 4.69) is 61.5 Å². The molecule has 2 unspecified atom stereocenters. The fourth-order valence-electron chi connectivity index (χ4n) is 10.1. The first-order valence-corrected chi connectivity index (χ1v) is 13.6. The maximum atomic E-state index is 12.8. The largest absolute Gasteiger partial charge is 0.390 e. The van der Waals surface area contributed by atoms with Crippen LogP contribution in [0.3, 0.4) is 0 Å². The zero-order valence-electron chi connectivity index (χ0n) is 22.3. The van der Waals surface area contributed by atoms with E-state index in [1.807, 2.05) is 0 Å². The van der Waals surface area contributed by atoms with Crippen molar-refractivity contribution in [2.75, 3.05) is 0 Å². The number of Topliss-reactive ketones (excluding diaryl/α,β-unsaturated/α-hetero) is 1. The van der Waals surface area contributed by atoms with E-state index in [1.54, 1.807) is 0 Å². The summed E-state index contributed by atoms with van der Waals surface area (Å²) < 4.78 is 0. The van der Waals surface area contributed by atoms with Crippen molar-refractivity contribution in [2.24, 2.45) is 45.3 Å². The van der Waals surface area contributed by atoms with Gasteiger partial charge in [-0.1, -0.05) is 46.3 Å². The second-order valence-corrected chi connectivity index (χ2v) is 14.1. The number of ketones is 1. The number of hydrogen-bond donors (Lipinski definition) is 1. The number of carbonyl (C=O) groups is 1. The van der Waals surface area contributed by atoms with Gasteiger partial charge in [0.1, 0.15) is 5.78 Å². The van der Waals surface area contributed by atoms with Gasteiger partial charge in [0.15, 0.2) is 0 Å². The molecule has 0 radical (unpaired) electrons. The van der Waals surface area contributed by atoms with E-state index in [4.69, 9.17) is 0 Å². The van der Waals surface area contributed by atoms with Crippen molar-refractivity contribution < 1.29 is 9.90 Å². The van der Waals surface area contributed by atoms with Gasteiger partial charge in [-0.25, -0.2) is 0 Å². The lowest BCUT2D eigenvalue weighted by Crippen LogP contribution is -2.63. The molecule has 0 aromatic heterocycles. The van der Waals surface area contributed by atoms with E-state index in [1.165, 1.54) is 44.1 Å². The van der Waals surface area contributed by atoms with Gasteiger partial charge in [-0.3, -0.25) is 4.79 Å². The average molecular weight is 443 g/mol. The zero-order chi connectivity index (χ0) is 23.7. The molecule has 4 aliphatic rings. The Morgan fingerprint density at radius 2 is 1.62 bits per heavy atom. The van der Waals surface area contributed by atoms with Crippen LogP contribution in [0, 0.1) is 45.3 Å². The fraction of sp³-hybridized carbons (Fsp3) is 0.900. The smallest absolute Gasteiger partial charge is 0.138 e. The first kappa shape index (κ1) is 24.5. The molecule has 0 aromatic rings. The van der Waals surface area contributed by atoms with Crippen LogP contribution in [0.15, 0.2) is 11.6 Å². The number of carbonyl (C=O) groups excluding carboxylic acids is 1. The molecule has 4 saturated carbocycles. The van der Waals surface area contributed by atoms with E-state index in [0.29, 0.717) is 40.3 Å². The molecule has 8 atom stereocenters. The molecule has 0 aromatic carbocycles. The molecule has 0 saturated heterocycles. The standard InChI is InChI=1S/C30H50O2/c1-20(2)10-9-16-30(8,32)22-13-18-28(6)21(22)11-12-24-27(5)17-15-25(31)26(3,4)23(27)14-19-29(24,28)7/h10,21-24,32H,9,11-19H2,1-8H3/t21?,22?,23-,24+,27-,28+,29+,30-/m0/s1. The van der Waals surface area contributed by atoms with Crippen molar-refractivity contribution in [1.29, 1.82) is 0 Å². The molecule has 182 valence electrons. The molecule has 4 fully saturated rings. The lowest BCUT2D eigenvalue weighted by atomic mass is 9.35. The van der Waals surface area contributed by atoms with Gasteiger partial charge < -0.3 is 5.11 Å². The van der Waals surface area contributed by atoms with Crippen LogP contribution in [-0.2, 0) is 4.79 Å². The van der Waals surface area contributed by atoms with E-state index < -0.39 is 5.60 Å². The van der Waals surface area contributed by atoms with Crippen LogP contribution in [0.5, 0.6) is 0 Å². The van der Waals surface area contributed by atoms with Crippen LogP contribution in [-0.4, -0.2) is 16.5 Å². The normalized spacial score (nSPS) is 47.1. The zero-order valence-corrected chi connectivity index (χ0v) is 22.3. The van der Waals surface area contributed by atoms with Gasteiger partial charge in [0.25, 0.3) is 0 Å². The van der Waals surface area contributed by atoms with E-state index in [9.17, 15) is 9.90 Å². The SMILES string of the molecule is CC(C)=CCC[C@](C)(O)C1CC[C@]2(C)C1CC[C@@H]1[C@@]3(C)CCC(=O)C(C)(C)[C@@H]3CC[C@]12C. The highest BCUT2D eigenvalue weighted by atomic mass is 16.3. The van der Waals surface area contributed by atoms with E-state index >= 15 is 0 Å². The summed E-state index contributed by atoms with van der Waals surface area (Å²) in [6.07, 6.45) is 13.5. The van der Waals surface area contributed by atoms with Gasteiger partial charge in [0, 0.05) is 11.8 Å². The molecular weight excluding hydrogens is 392 g/mol. The van der Waals surface area contributed by atoms with Gasteiger partial charge in [-0.05, 0) is 118 Å². The molecule has 0 heterocycles. The Labute approximate surface area is 198 Å². The summed E-state index contributed by atoms with van der Waals surface area (Å²) in [4.78, 5) is 12.8. The summed E-state index contributed by atoms with van der Waals surface area (Å²) in [7, 11) is 0. The summed E-state index contributed by atoms with van der Waals surface area (Å²) in [5.74, 6) is 2.78. The van der Waals surface area contributed by atoms with Crippen molar-refractivity contribution in [2.45, 2.75) is 125 Å². The first-order valence-electron chi connectivity index (χ1n) is 13.6. The van der Waals surface area contributed by atoms with Crippen LogP contribution in [0.1, 0.15) is 120 Å². The molecule has 1 N–H and O–H groups in total. The third-order valence-electron chi connectivity index (χ3n) is 12.1. The predicted octanol–water partition coefficient (Wildman–Crippen LogP) is 7.74. The fourth-order valence-corrected chi connectivity index (χ4v) is 10.1. The van der Waals surface area contributed by atoms with Gasteiger partial charge >= 0.3 is 0 Å². The number of hydrogen-bond acceptors (Lipinski definition) is 2. The van der Waals surface area contributed by atoms with Gasteiger partial charge in [-0.2, -0.15) is 0 Å². The quantitative estimate of drug-likeness (QED) is 0.452. The Bertz CT molecular complexity index is 787. The lowest BCUT2D eigenvalue weighted by molar-refractivity contribution is -0.207. The molecule has 0 aliphatic heterocycles. The van der Waals surface area contributed by atoms with Crippen molar-refractivity contribution >= 4 is 5.78 Å². The molecular formula is C30H50O2. The Morgan fingerprint density at radius 3 is 2.28 bits per heavy atom. The molecule has 32 heavy (non-hydrogen) atoms. The number of aliphatic hydroxyl groups is 1. The summed E-state index contributed by atoms with van der Waals surface area (Å²) in [6.45, 7) is 18.7. The van der Waals surface area contributed by atoms with Crippen LogP contribution in [0.4, 0.5) is 0 Å². The Kier molecular flexibility index (Phi) is 5.89. The highest BCUT2D eigenvalue weighted by Crippen LogP contribution is 2.75. The van der Waals surface area contributed by atoms with Crippen LogP contribution in [0.25, 0.3) is 0 Å². The molecule has 2 heteroatoms. The molecule has 4 rings (SSSR count). The van der Waals surface area contributed by atoms with Gasteiger partial charge in [-0.15, -0.1) is 0 Å². The van der Waals surface area contributed by atoms with E-state index in [0.717, 1.165) is 25.7 Å². The second kappa shape index (κ2) is 7.69. The monoisotopic (exact) mass is 442 g/mol. The molecule has 4 aliphatic carbocycles. The lowest BCUT2D eigenvalue weighted by Gasteiger charge is -2.69. The minimum Gasteiger partial charge on any atom is -0.390 e. The highest BCUT2D eigenvalue weighted by molar-refractivity contribution is 5.85. The minimum atomic E-state index is -0.572. The van der Waals surface area contributed by atoms with E-state index in [-0.39, 0.29) is 10.8 Å². The van der Waals surface area contributed by atoms with Crippen molar-refractivity contribution in [3.63, 3.8) is 0 Å². The van der Waals surface area contributed by atoms with Gasteiger partial charge in [0.2, 0.25) is 0 Å².